The van der Waals surface area contributed by atoms with Crippen molar-refractivity contribution in [3.05, 3.63) is 47.6 Å². The van der Waals surface area contributed by atoms with Crippen molar-refractivity contribution in [3.63, 3.8) is 0 Å². The smallest absolute Gasteiger partial charge is 0.139 e. The molecule has 4 atom stereocenters. The third-order valence-electron chi connectivity index (χ3n) is 5.94. The van der Waals surface area contributed by atoms with Crippen LogP contribution in [0.5, 0.6) is 0 Å². The number of fused-ring (bicyclic) bond motifs is 3. The van der Waals surface area contributed by atoms with E-state index in [9.17, 15) is 4.79 Å². The fraction of sp³-hybridized carbons (Fsp3) is 0.591. The normalized spacial score (nSPS) is 35.0. The van der Waals surface area contributed by atoms with Gasteiger partial charge in [-0.05, 0) is 62.0 Å². The third-order valence-corrected chi connectivity index (χ3v) is 5.94. The number of carbonyl (C=O) groups excluding carboxylic acids is 1. The van der Waals surface area contributed by atoms with Crippen LogP contribution in [0, 0.1) is 23.2 Å². The lowest BCUT2D eigenvalue weighted by molar-refractivity contribution is -0.128. The second-order valence-corrected chi connectivity index (χ2v) is 7.40. The third kappa shape index (κ3) is 3.03. The van der Waals surface area contributed by atoms with Crippen LogP contribution in [0.3, 0.4) is 0 Å². The zero-order chi connectivity index (χ0) is 17.2. The van der Waals surface area contributed by atoms with Gasteiger partial charge in [0.05, 0.1) is 0 Å². The van der Waals surface area contributed by atoms with Crippen molar-refractivity contribution in [3.8, 4) is 0 Å². The fourth-order valence-electron chi connectivity index (χ4n) is 4.84. The minimum atomic E-state index is -0.0637. The van der Waals surface area contributed by atoms with E-state index in [1.807, 2.05) is 13.8 Å². The van der Waals surface area contributed by atoms with Gasteiger partial charge in [-0.1, -0.05) is 57.2 Å². The number of allylic oxidation sites excluding steroid dienone is 7. The van der Waals surface area contributed by atoms with E-state index in [0.717, 1.165) is 25.7 Å². The predicted molar refractivity (Wildman–Crippen MR) is 99.2 cm³/mol. The summed E-state index contributed by atoms with van der Waals surface area (Å²) in [5, 5.41) is 0. The summed E-state index contributed by atoms with van der Waals surface area (Å²) < 4.78 is 0. The molecule has 0 radical (unpaired) electrons. The Balaban J connectivity index is 0.000000924. The monoisotopic (exact) mass is 312 g/mol. The molecule has 3 rings (SSSR count). The average Bonchev–Trinajstić information content (AvgIpc) is 2.84. The molecule has 1 nitrogen and oxygen atoms in total. The summed E-state index contributed by atoms with van der Waals surface area (Å²) in [4.78, 5) is 12.3. The molecule has 3 aliphatic rings. The van der Waals surface area contributed by atoms with Gasteiger partial charge in [-0.15, -0.1) is 0 Å². The summed E-state index contributed by atoms with van der Waals surface area (Å²) in [6.07, 6.45) is 13.0. The minimum absolute atomic E-state index is 0.0637. The molecule has 0 amide bonds. The van der Waals surface area contributed by atoms with Crippen molar-refractivity contribution in [1.82, 2.24) is 0 Å². The van der Waals surface area contributed by atoms with Crippen molar-refractivity contribution in [1.29, 1.82) is 0 Å². The highest BCUT2D eigenvalue weighted by Crippen LogP contribution is 2.57. The Morgan fingerprint density at radius 1 is 1.30 bits per heavy atom. The first-order valence-corrected chi connectivity index (χ1v) is 9.20. The van der Waals surface area contributed by atoms with Gasteiger partial charge >= 0.3 is 0 Å². The van der Waals surface area contributed by atoms with Crippen LogP contribution in [0.15, 0.2) is 47.6 Å². The molecule has 0 aromatic heterocycles. The number of hydrogen-bond acceptors (Lipinski definition) is 1. The molecule has 0 bridgehead atoms. The Morgan fingerprint density at radius 2 is 2.00 bits per heavy atom. The molecule has 23 heavy (non-hydrogen) atoms. The Labute approximate surface area is 142 Å². The van der Waals surface area contributed by atoms with Gasteiger partial charge in [0.2, 0.25) is 0 Å². The van der Waals surface area contributed by atoms with Crippen LogP contribution >= 0.6 is 0 Å². The molecule has 0 N–H and O–H groups in total. The van der Waals surface area contributed by atoms with Crippen molar-refractivity contribution >= 4 is 5.78 Å². The molecular formula is C22H32O. The molecule has 0 spiro atoms. The van der Waals surface area contributed by atoms with E-state index < -0.39 is 0 Å². The average molecular weight is 312 g/mol. The predicted octanol–water partition coefficient (Wildman–Crippen LogP) is 6.04. The van der Waals surface area contributed by atoms with Crippen LogP contribution in [0.1, 0.15) is 60.3 Å². The van der Waals surface area contributed by atoms with E-state index in [1.54, 1.807) is 0 Å². The zero-order valence-corrected chi connectivity index (χ0v) is 15.5. The molecule has 0 saturated heterocycles. The first-order chi connectivity index (χ1) is 11.0. The molecule has 3 aliphatic carbocycles. The molecule has 126 valence electrons. The quantitative estimate of drug-likeness (QED) is 0.607. The van der Waals surface area contributed by atoms with Gasteiger partial charge in [-0.2, -0.15) is 0 Å². The SMILES string of the molecule is C=CC1=C(C=C(C)C)C=CC2C1CC[C@]1(C)C(=O)CCC21.CC. The van der Waals surface area contributed by atoms with Crippen molar-refractivity contribution in [2.45, 2.75) is 60.3 Å². The van der Waals surface area contributed by atoms with Crippen molar-refractivity contribution in [2.75, 3.05) is 0 Å². The number of rotatable bonds is 2. The summed E-state index contributed by atoms with van der Waals surface area (Å²) in [5.74, 6) is 2.11. The van der Waals surface area contributed by atoms with Crippen LogP contribution in [0.2, 0.25) is 0 Å². The van der Waals surface area contributed by atoms with Crippen molar-refractivity contribution < 1.29 is 4.79 Å². The highest BCUT2D eigenvalue weighted by atomic mass is 16.1. The topological polar surface area (TPSA) is 17.1 Å². The lowest BCUT2D eigenvalue weighted by atomic mass is 9.57. The molecule has 3 unspecified atom stereocenters. The maximum atomic E-state index is 12.3. The van der Waals surface area contributed by atoms with Gasteiger partial charge in [0.15, 0.2) is 0 Å². The van der Waals surface area contributed by atoms with Crippen molar-refractivity contribution in [2.24, 2.45) is 23.2 Å². The molecule has 2 saturated carbocycles. The Hall–Kier alpha value is -1.37. The molecule has 0 aromatic rings. The molecule has 2 fully saturated rings. The maximum absolute atomic E-state index is 12.3. The molecular weight excluding hydrogens is 280 g/mol. The summed E-state index contributed by atoms with van der Waals surface area (Å²) in [6, 6.07) is 0. The largest absolute Gasteiger partial charge is 0.299 e. The summed E-state index contributed by atoms with van der Waals surface area (Å²) in [5.41, 5.74) is 3.97. The summed E-state index contributed by atoms with van der Waals surface area (Å²) in [6.45, 7) is 14.6. The lowest BCUT2D eigenvalue weighted by Gasteiger charge is -2.46. The first kappa shape index (κ1) is 18.0. The van der Waals surface area contributed by atoms with Crippen LogP contribution in [0.4, 0.5) is 0 Å². The van der Waals surface area contributed by atoms with Crippen LogP contribution in [-0.2, 0) is 4.79 Å². The Kier molecular flexibility index (Phi) is 5.49. The molecule has 1 heteroatoms. The van der Waals surface area contributed by atoms with Gasteiger partial charge in [-0.25, -0.2) is 0 Å². The van der Waals surface area contributed by atoms with Gasteiger partial charge in [-0.3, -0.25) is 4.79 Å². The van der Waals surface area contributed by atoms with Gasteiger partial charge in [0, 0.05) is 11.8 Å². The van der Waals surface area contributed by atoms with Gasteiger partial charge in [0.25, 0.3) is 0 Å². The number of Topliss-reactive ketones (excluding diaryl/α,β-unsaturated/α-hetero) is 1. The van der Waals surface area contributed by atoms with Crippen LogP contribution in [0.25, 0.3) is 0 Å². The first-order valence-electron chi connectivity index (χ1n) is 9.20. The van der Waals surface area contributed by atoms with E-state index in [2.05, 4.69) is 51.7 Å². The second-order valence-electron chi connectivity index (χ2n) is 7.40. The summed E-state index contributed by atoms with van der Waals surface area (Å²) >= 11 is 0. The highest BCUT2D eigenvalue weighted by Gasteiger charge is 2.53. The lowest BCUT2D eigenvalue weighted by Crippen LogP contribution is -2.42. The van der Waals surface area contributed by atoms with E-state index in [4.69, 9.17) is 0 Å². The van der Waals surface area contributed by atoms with Crippen LogP contribution in [-0.4, -0.2) is 5.78 Å². The Bertz CT molecular complexity index is 571. The van der Waals surface area contributed by atoms with Crippen LogP contribution < -0.4 is 0 Å². The summed E-state index contributed by atoms with van der Waals surface area (Å²) in [7, 11) is 0. The van der Waals surface area contributed by atoms with Gasteiger partial charge in [0.1, 0.15) is 5.78 Å². The minimum Gasteiger partial charge on any atom is -0.299 e. The van der Waals surface area contributed by atoms with E-state index in [0.29, 0.717) is 23.5 Å². The number of carbonyl (C=O) groups is 1. The second kappa shape index (κ2) is 7.03. The Morgan fingerprint density at radius 3 is 2.61 bits per heavy atom. The van der Waals surface area contributed by atoms with E-state index in [-0.39, 0.29) is 5.41 Å². The van der Waals surface area contributed by atoms with Gasteiger partial charge < -0.3 is 0 Å². The molecule has 0 heterocycles. The number of ketones is 1. The number of hydrogen-bond donors (Lipinski definition) is 0. The zero-order valence-electron chi connectivity index (χ0n) is 15.5. The molecule has 0 aliphatic heterocycles. The maximum Gasteiger partial charge on any atom is 0.139 e. The fourth-order valence-corrected chi connectivity index (χ4v) is 4.84. The molecule has 0 aromatic carbocycles. The van der Waals surface area contributed by atoms with E-state index >= 15 is 0 Å². The highest BCUT2D eigenvalue weighted by molar-refractivity contribution is 5.87. The van der Waals surface area contributed by atoms with E-state index in [1.165, 1.54) is 16.7 Å². The standard InChI is InChI=1S/C20H26O.C2H6/c1-5-15-14(12-13(2)3)6-7-17-16(15)10-11-20(4)18(17)8-9-19(20)21;1-2/h5-7,12,16-18H,1,8-11H2,2-4H3;1-2H3/t16?,17?,18?,20-;/m0./s1.